The molecule has 0 saturated heterocycles. The summed E-state index contributed by atoms with van der Waals surface area (Å²) >= 11 is 0. The summed E-state index contributed by atoms with van der Waals surface area (Å²) in [6.07, 6.45) is 3.72. The number of carbonyl (C=O) groups excluding carboxylic acids is 2. The van der Waals surface area contributed by atoms with Crippen molar-refractivity contribution >= 4 is 29.4 Å². The van der Waals surface area contributed by atoms with Crippen molar-refractivity contribution in [3.8, 4) is 5.69 Å². The number of hydrogen-bond donors (Lipinski definition) is 2. The van der Waals surface area contributed by atoms with Crippen LogP contribution in [0.3, 0.4) is 0 Å². The molecule has 49 heavy (non-hydrogen) atoms. The number of aromatic nitrogens is 1. The number of aliphatic carboxylic acids is 1. The van der Waals surface area contributed by atoms with Crippen LogP contribution in [0.1, 0.15) is 97.0 Å². The highest BCUT2D eigenvalue weighted by atomic mass is 19.1. The van der Waals surface area contributed by atoms with Gasteiger partial charge in [-0.05, 0) is 112 Å². The Balaban J connectivity index is 1.53. The Hall–Kier alpha value is -5.25. The molecule has 5 rings (SSSR count). The summed E-state index contributed by atoms with van der Waals surface area (Å²) in [7, 11) is 0. The molecule has 0 atom stereocenters. The van der Waals surface area contributed by atoms with E-state index in [2.05, 4.69) is 0 Å². The number of rotatable bonds is 10. The molecule has 1 saturated carbocycles. The van der Waals surface area contributed by atoms with Gasteiger partial charge in [0.25, 0.3) is 5.56 Å². The highest BCUT2D eigenvalue weighted by molar-refractivity contribution is 6.11. The number of nitrogens with zero attached hydrogens (tertiary/aromatic N) is 2. The number of ketones is 1. The predicted octanol–water partition coefficient (Wildman–Crippen LogP) is 7.71. The van der Waals surface area contributed by atoms with Crippen molar-refractivity contribution in [2.75, 3.05) is 10.6 Å². The molecule has 4 aromatic rings. The van der Waals surface area contributed by atoms with Crippen molar-refractivity contribution in [1.82, 2.24) is 4.57 Å². The Labute approximate surface area is 285 Å². The number of para-hydroxylation sites is 1. The average Bonchev–Trinajstić information content (AvgIpc) is 3.58. The maximum absolute atomic E-state index is 13.9. The first kappa shape index (κ1) is 35.1. The topological polar surface area (TPSA) is 132 Å². The zero-order chi connectivity index (χ0) is 35.5. The molecule has 1 heterocycles. The van der Waals surface area contributed by atoms with Gasteiger partial charge in [0, 0.05) is 18.1 Å². The summed E-state index contributed by atoms with van der Waals surface area (Å²) in [5.74, 6) is -1.63. The fraction of sp³-hybridized carbons (Fsp3) is 0.333. The molecule has 0 spiro atoms. The van der Waals surface area contributed by atoms with Crippen molar-refractivity contribution < 1.29 is 28.6 Å². The first-order valence-electron chi connectivity index (χ1n) is 16.5. The summed E-state index contributed by atoms with van der Waals surface area (Å²) in [6.45, 7) is 7.07. The molecular weight excluding hydrogens is 625 g/mol. The predicted molar refractivity (Wildman–Crippen MR) is 187 cm³/mol. The van der Waals surface area contributed by atoms with Crippen molar-refractivity contribution in [3.05, 3.63) is 122 Å². The lowest BCUT2D eigenvalue weighted by Gasteiger charge is -2.32. The molecule has 1 fully saturated rings. The molecule has 3 N–H and O–H groups in total. The number of carbonyl (C=O) groups is 3. The molecule has 1 aromatic heterocycles. The average molecular weight is 668 g/mol. The first-order chi connectivity index (χ1) is 23.2. The van der Waals surface area contributed by atoms with E-state index < -0.39 is 34.8 Å². The van der Waals surface area contributed by atoms with Crippen molar-refractivity contribution in [3.63, 3.8) is 0 Å². The van der Waals surface area contributed by atoms with Crippen LogP contribution in [0.2, 0.25) is 0 Å². The summed E-state index contributed by atoms with van der Waals surface area (Å²) < 4.78 is 21.0. The lowest BCUT2D eigenvalue weighted by molar-refractivity contribution is -0.136. The number of pyridine rings is 1. The van der Waals surface area contributed by atoms with Crippen LogP contribution in [-0.2, 0) is 22.5 Å². The molecule has 0 radical (unpaired) electrons. The molecule has 0 aliphatic heterocycles. The number of ether oxygens (including phenoxy) is 1. The number of hydrogen-bond acceptors (Lipinski definition) is 6. The van der Waals surface area contributed by atoms with Crippen LogP contribution < -0.4 is 16.2 Å². The fourth-order valence-corrected chi connectivity index (χ4v) is 6.39. The van der Waals surface area contributed by atoms with Gasteiger partial charge in [-0.25, -0.2) is 9.18 Å². The Morgan fingerprint density at radius 3 is 2.33 bits per heavy atom. The van der Waals surface area contributed by atoms with Gasteiger partial charge >= 0.3 is 12.1 Å². The number of anilines is 2. The van der Waals surface area contributed by atoms with Gasteiger partial charge in [0.15, 0.2) is 5.78 Å². The minimum atomic E-state index is -0.926. The third-order valence-corrected chi connectivity index (χ3v) is 8.77. The van der Waals surface area contributed by atoms with Gasteiger partial charge in [-0.1, -0.05) is 43.2 Å². The number of carboxylic acids is 1. The molecule has 1 amide bonds. The Morgan fingerprint density at radius 1 is 1.00 bits per heavy atom. The highest BCUT2D eigenvalue weighted by Gasteiger charge is 2.31. The first-order valence-corrected chi connectivity index (χ1v) is 16.5. The van der Waals surface area contributed by atoms with Crippen LogP contribution in [0, 0.1) is 12.7 Å². The van der Waals surface area contributed by atoms with Crippen LogP contribution in [0.25, 0.3) is 5.69 Å². The van der Waals surface area contributed by atoms with Crippen LogP contribution >= 0.6 is 0 Å². The van der Waals surface area contributed by atoms with Gasteiger partial charge in [-0.3, -0.25) is 23.9 Å². The second-order valence-corrected chi connectivity index (χ2v) is 13.6. The molecular formula is C39H42FN3O6. The molecule has 1 aliphatic rings. The second-order valence-electron chi connectivity index (χ2n) is 13.6. The van der Waals surface area contributed by atoms with E-state index in [1.807, 2.05) is 18.2 Å². The Kier molecular flexibility index (Phi) is 10.4. The van der Waals surface area contributed by atoms with E-state index in [9.17, 15) is 28.7 Å². The second kappa shape index (κ2) is 14.5. The number of halogens is 1. The molecule has 0 bridgehead atoms. The summed E-state index contributed by atoms with van der Waals surface area (Å²) in [5.41, 5.74) is 9.42. The minimum Gasteiger partial charge on any atom is -0.481 e. The smallest absolute Gasteiger partial charge is 0.415 e. The van der Waals surface area contributed by atoms with Gasteiger partial charge in [0.1, 0.15) is 17.2 Å². The summed E-state index contributed by atoms with van der Waals surface area (Å²) in [5, 5.41) is 9.50. The molecule has 10 heteroatoms. The molecule has 0 unspecified atom stereocenters. The van der Waals surface area contributed by atoms with Gasteiger partial charge in [0.05, 0.1) is 23.5 Å². The normalized spacial score (nSPS) is 13.3. The maximum Gasteiger partial charge on any atom is 0.415 e. The Morgan fingerprint density at radius 2 is 1.69 bits per heavy atom. The number of carboxylic acid groups (broad SMARTS) is 1. The number of benzene rings is 3. The van der Waals surface area contributed by atoms with Gasteiger partial charge in [-0.15, -0.1) is 0 Å². The SMILES string of the molecule is Cc1cc(C(=O)c2ccc(=O)n(-c3ccc(CN(C(=O)OC(C)(C)C)c4c(CCC(=O)O)cccc4C4CCCC4)cc3)c2N)ccc1F. The zero-order valence-electron chi connectivity index (χ0n) is 28.3. The van der Waals surface area contributed by atoms with Crippen molar-refractivity contribution in [1.29, 1.82) is 0 Å². The largest absolute Gasteiger partial charge is 0.481 e. The van der Waals surface area contributed by atoms with Gasteiger partial charge < -0.3 is 15.6 Å². The van der Waals surface area contributed by atoms with E-state index in [0.29, 0.717) is 16.9 Å². The van der Waals surface area contributed by atoms with E-state index >= 15 is 0 Å². The lowest BCUT2D eigenvalue weighted by atomic mass is 9.91. The molecule has 9 nitrogen and oxygen atoms in total. The van der Waals surface area contributed by atoms with Gasteiger partial charge in [-0.2, -0.15) is 0 Å². The number of aryl methyl sites for hydroxylation is 2. The number of amides is 1. The maximum atomic E-state index is 13.9. The number of nitrogens with two attached hydrogens (primary N) is 1. The Bertz CT molecular complexity index is 1940. The van der Waals surface area contributed by atoms with Gasteiger partial charge in [0.2, 0.25) is 0 Å². The van der Waals surface area contributed by atoms with Crippen LogP contribution in [0.5, 0.6) is 0 Å². The van der Waals surface area contributed by atoms with Crippen LogP contribution in [0.15, 0.2) is 77.6 Å². The van der Waals surface area contributed by atoms with E-state index in [1.54, 1.807) is 56.9 Å². The standard InChI is InChI=1S/C39H42FN3O6/c1-24-22-28(14-19-32(24)40)36(47)31-18-20-33(44)43(37(31)41)29-16-12-25(13-17-29)23-42(38(48)49-39(2,3)4)35-27(15-21-34(45)46)10-7-11-30(35)26-8-5-6-9-26/h7,10-14,16-20,22,26H,5-6,8-9,15,21,23,41H2,1-4H3,(H,45,46). The van der Waals surface area contributed by atoms with Crippen LogP contribution in [0.4, 0.5) is 20.7 Å². The summed E-state index contributed by atoms with van der Waals surface area (Å²) in [6, 6.07) is 19.4. The monoisotopic (exact) mass is 667 g/mol. The van der Waals surface area contributed by atoms with Crippen molar-refractivity contribution in [2.45, 2.75) is 84.3 Å². The molecule has 256 valence electrons. The third kappa shape index (κ3) is 8.08. The molecule has 3 aromatic carbocycles. The zero-order valence-corrected chi connectivity index (χ0v) is 28.3. The number of nitrogen functional groups attached to an aromatic ring is 1. The van der Waals surface area contributed by atoms with E-state index in [4.69, 9.17) is 10.5 Å². The fourth-order valence-electron chi connectivity index (χ4n) is 6.39. The van der Waals surface area contributed by atoms with Crippen LogP contribution in [-0.4, -0.2) is 33.1 Å². The molecule has 1 aliphatic carbocycles. The van der Waals surface area contributed by atoms with E-state index in [0.717, 1.165) is 42.4 Å². The minimum absolute atomic E-state index is 0.0591. The van der Waals surface area contributed by atoms with E-state index in [-0.39, 0.29) is 42.2 Å². The van der Waals surface area contributed by atoms with Crippen molar-refractivity contribution in [2.24, 2.45) is 0 Å². The third-order valence-electron chi connectivity index (χ3n) is 8.77. The lowest BCUT2D eigenvalue weighted by Crippen LogP contribution is -2.37. The highest BCUT2D eigenvalue weighted by Crippen LogP contribution is 2.42. The quantitative estimate of drug-likeness (QED) is 0.166. The summed E-state index contributed by atoms with van der Waals surface area (Å²) in [4.78, 5) is 53.5. The van der Waals surface area contributed by atoms with E-state index in [1.165, 1.54) is 34.9 Å².